The Morgan fingerprint density at radius 2 is 2.12 bits per heavy atom. The first kappa shape index (κ1) is 22.2. The number of hydrogen-bond acceptors (Lipinski definition) is 6. The quantitative estimate of drug-likeness (QED) is 0.461. The van der Waals surface area contributed by atoms with Crippen LogP contribution in [0, 0.1) is 12.3 Å². The number of carbonyl (C=O) groups excluding carboxylic acids is 2. The van der Waals surface area contributed by atoms with E-state index in [0.29, 0.717) is 25.2 Å². The molecule has 4 rings (SSSR count). The second-order valence-corrected chi connectivity index (χ2v) is 9.31. The number of nitrogens with one attached hydrogen (secondary N) is 2. The van der Waals surface area contributed by atoms with Gasteiger partial charge in [-0.2, -0.15) is 0 Å². The summed E-state index contributed by atoms with van der Waals surface area (Å²) in [6.07, 6.45) is 2.46. The van der Waals surface area contributed by atoms with Gasteiger partial charge >= 0.3 is 0 Å². The number of hydrogen-bond donors (Lipinski definition) is 3. The first-order valence-corrected chi connectivity index (χ1v) is 11.3. The number of rotatable bonds is 6. The Morgan fingerprint density at radius 3 is 2.88 bits per heavy atom. The lowest BCUT2D eigenvalue weighted by Crippen LogP contribution is -2.29. The minimum absolute atomic E-state index is 0.0685. The molecule has 0 aliphatic carbocycles. The fraction of sp³-hybridized carbons (Fsp3) is 0.348. The highest BCUT2D eigenvalue weighted by Gasteiger charge is 2.27. The summed E-state index contributed by atoms with van der Waals surface area (Å²) in [5.41, 5.74) is 12.0. The summed E-state index contributed by atoms with van der Waals surface area (Å²) in [6, 6.07) is 7.74. The predicted octanol–water partition coefficient (Wildman–Crippen LogP) is 2.36. The Labute approximate surface area is 192 Å². The maximum atomic E-state index is 13.0. The zero-order valence-electron chi connectivity index (χ0n) is 18.6. The number of anilines is 1. The Balaban J connectivity index is 1.46. The molecule has 0 atom stereocenters. The van der Waals surface area contributed by atoms with E-state index in [1.54, 1.807) is 23.9 Å². The van der Waals surface area contributed by atoms with Gasteiger partial charge in [-0.1, -0.05) is 18.2 Å². The van der Waals surface area contributed by atoms with Gasteiger partial charge in [-0.3, -0.25) is 9.59 Å². The topological polar surface area (TPSA) is 107 Å². The standard InChI is InChI=1S/C23H28N6O2S/c1-14-20(32-29-8-7-18(25)17(11-24)13-29)10-19(27(14)2)23(31)26-12-16-6-4-5-15-9-21(30)28(3)22(15)16/h4-6,10-11,24H,7-9,12-13,25H2,1-3H3,(H,26,31). The van der Waals surface area contributed by atoms with Crippen LogP contribution in [0.5, 0.6) is 0 Å². The van der Waals surface area contributed by atoms with Crippen LogP contribution in [0.1, 0.15) is 33.7 Å². The maximum absolute atomic E-state index is 13.0. The molecule has 0 saturated carbocycles. The lowest BCUT2D eigenvalue weighted by atomic mass is 10.1. The third-order valence-electron chi connectivity index (χ3n) is 6.21. The molecule has 1 aromatic heterocycles. The van der Waals surface area contributed by atoms with Gasteiger partial charge < -0.3 is 25.9 Å². The van der Waals surface area contributed by atoms with Crippen LogP contribution in [0.4, 0.5) is 5.69 Å². The molecule has 32 heavy (non-hydrogen) atoms. The monoisotopic (exact) mass is 452 g/mol. The van der Waals surface area contributed by atoms with E-state index in [1.807, 2.05) is 42.8 Å². The number of carbonyl (C=O) groups is 2. The van der Waals surface area contributed by atoms with Crippen molar-refractivity contribution in [2.45, 2.75) is 31.2 Å². The van der Waals surface area contributed by atoms with Crippen molar-refractivity contribution in [3.63, 3.8) is 0 Å². The van der Waals surface area contributed by atoms with Crippen molar-refractivity contribution >= 4 is 35.7 Å². The van der Waals surface area contributed by atoms with Gasteiger partial charge in [-0.15, -0.1) is 0 Å². The van der Waals surface area contributed by atoms with Gasteiger partial charge in [0.05, 0.1) is 12.1 Å². The van der Waals surface area contributed by atoms with Gasteiger partial charge in [0.1, 0.15) is 5.69 Å². The SMILES string of the molecule is Cc1c(SN2CCC(N)=C(C=N)C2)cc(C(=O)NCc2cccc3c2N(C)C(=O)C3)n1C. The molecular formula is C23H28N6O2S. The van der Waals surface area contributed by atoms with Crippen molar-refractivity contribution in [3.05, 3.63) is 58.1 Å². The molecule has 2 aliphatic rings. The lowest BCUT2D eigenvalue weighted by Gasteiger charge is -2.26. The fourth-order valence-corrected chi connectivity index (χ4v) is 5.24. The van der Waals surface area contributed by atoms with Crippen molar-refractivity contribution in [3.8, 4) is 0 Å². The normalized spacial score (nSPS) is 16.5. The van der Waals surface area contributed by atoms with E-state index in [4.69, 9.17) is 11.1 Å². The third kappa shape index (κ3) is 4.05. The van der Waals surface area contributed by atoms with Gasteiger partial charge in [-0.05, 0) is 36.1 Å². The molecule has 0 unspecified atom stereocenters. The maximum Gasteiger partial charge on any atom is 0.268 e. The number of aromatic nitrogens is 1. The Bertz CT molecular complexity index is 1140. The van der Waals surface area contributed by atoms with Crippen LogP contribution in [0.2, 0.25) is 0 Å². The van der Waals surface area contributed by atoms with E-state index in [9.17, 15) is 9.59 Å². The molecule has 0 bridgehead atoms. The summed E-state index contributed by atoms with van der Waals surface area (Å²) in [4.78, 5) is 27.7. The van der Waals surface area contributed by atoms with Crippen LogP contribution in [0.15, 0.2) is 40.4 Å². The minimum Gasteiger partial charge on any atom is -0.402 e. The van der Waals surface area contributed by atoms with Crippen LogP contribution >= 0.6 is 11.9 Å². The molecule has 1 aromatic carbocycles. The van der Waals surface area contributed by atoms with Gasteiger partial charge in [0, 0.05) is 68.2 Å². The van der Waals surface area contributed by atoms with E-state index in [-0.39, 0.29) is 11.8 Å². The number of para-hydroxylation sites is 1. The molecule has 0 radical (unpaired) electrons. The molecule has 0 fully saturated rings. The van der Waals surface area contributed by atoms with Crippen molar-refractivity contribution in [1.29, 1.82) is 5.41 Å². The van der Waals surface area contributed by atoms with E-state index >= 15 is 0 Å². The first-order valence-electron chi connectivity index (χ1n) is 10.5. The highest BCUT2D eigenvalue weighted by Crippen LogP contribution is 2.33. The molecule has 0 spiro atoms. The number of benzene rings is 1. The average molecular weight is 453 g/mol. The molecule has 8 nitrogen and oxygen atoms in total. The zero-order valence-corrected chi connectivity index (χ0v) is 19.4. The Hall–Kier alpha value is -3.04. The average Bonchev–Trinajstić information content (AvgIpc) is 3.23. The third-order valence-corrected chi connectivity index (χ3v) is 7.39. The number of nitrogens with two attached hydrogens (primary N) is 1. The number of likely N-dealkylation sites (N-methyl/N-ethyl adjacent to an activating group) is 1. The van der Waals surface area contributed by atoms with Crippen LogP contribution < -0.4 is 16.0 Å². The van der Waals surface area contributed by atoms with Gasteiger partial charge in [-0.25, -0.2) is 4.31 Å². The van der Waals surface area contributed by atoms with Crippen LogP contribution in [-0.4, -0.2) is 47.0 Å². The molecule has 4 N–H and O–H groups in total. The lowest BCUT2D eigenvalue weighted by molar-refractivity contribution is -0.117. The second kappa shape index (κ2) is 8.84. The molecule has 9 heteroatoms. The van der Waals surface area contributed by atoms with Crippen LogP contribution in [0.25, 0.3) is 0 Å². The number of nitrogens with zero attached hydrogens (tertiary/aromatic N) is 3. The summed E-state index contributed by atoms with van der Waals surface area (Å²) in [5.74, 6) is -0.0889. The zero-order chi connectivity index (χ0) is 23.0. The Kier molecular flexibility index (Phi) is 6.12. The molecule has 168 valence electrons. The molecule has 2 aliphatic heterocycles. The van der Waals surface area contributed by atoms with Gasteiger partial charge in [0.2, 0.25) is 5.91 Å². The molecule has 3 heterocycles. The minimum atomic E-state index is -0.157. The second-order valence-electron chi connectivity index (χ2n) is 8.17. The highest BCUT2D eigenvalue weighted by molar-refractivity contribution is 7.97. The molecular weight excluding hydrogens is 424 g/mol. The number of amides is 2. The van der Waals surface area contributed by atoms with Gasteiger partial charge in [0.25, 0.3) is 5.91 Å². The highest BCUT2D eigenvalue weighted by atomic mass is 32.2. The van der Waals surface area contributed by atoms with Crippen molar-refractivity contribution in [2.75, 3.05) is 25.0 Å². The summed E-state index contributed by atoms with van der Waals surface area (Å²) in [5, 5.41) is 10.6. The summed E-state index contributed by atoms with van der Waals surface area (Å²) in [6.45, 7) is 3.76. The molecule has 0 saturated heterocycles. The number of fused-ring (bicyclic) bond motifs is 1. The van der Waals surface area contributed by atoms with Crippen LogP contribution in [0.3, 0.4) is 0 Å². The largest absolute Gasteiger partial charge is 0.402 e. The first-order chi connectivity index (χ1) is 15.3. The van der Waals surface area contributed by atoms with E-state index in [1.165, 1.54) is 6.21 Å². The van der Waals surface area contributed by atoms with Crippen molar-refractivity contribution < 1.29 is 9.59 Å². The van der Waals surface area contributed by atoms with Crippen molar-refractivity contribution in [1.82, 2.24) is 14.2 Å². The Morgan fingerprint density at radius 1 is 1.34 bits per heavy atom. The summed E-state index contributed by atoms with van der Waals surface area (Å²) >= 11 is 1.59. The predicted molar refractivity (Wildman–Crippen MR) is 127 cm³/mol. The van der Waals surface area contributed by atoms with E-state index in [0.717, 1.165) is 51.6 Å². The fourth-order valence-electron chi connectivity index (χ4n) is 4.15. The molecule has 2 amide bonds. The summed E-state index contributed by atoms with van der Waals surface area (Å²) in [7, 11) is 3.66. The van der Waals surface area contributed by atoms with E-state index in [2.05, 4.69) is 9.62 Å². The van der Waals surface area contributed by atoms with Crippen LogP contribution in [-0.2, 0) is 24.8 Å². The summed E-state index contributed by atoms with van der Waals surface area (Å²) < 4.78 is 4.06. The smallest absolute Gasteiger partial charge is 0.268 e. The van der Waals surface area contributed by atoms with E-state index < -0.39 is 0 Å². The molecule has 2 aromatic rings. The van der Waals surface area contributed by atoms with Crippen molar-refractivity contribution in [2.24, 2.45) is 12.8 Å². The van der Waals surface area contributed by atoms with Gasteiger partial charge in [0.15, 0.2) is 0 Å².